The van der Waals surface area contributed by atoms with Gasteiger partial charge in [-0.3, -0.25) is 0 Å². The molecule has 0 saturated carbocycles. The maximum Gasteiger partial charge on any atom is 0.159 e. The van der Waals surface area contributed by atoms with Crippen LogP contribution in [0.5, 0.6) is 0 Å². The normalized spacial score (nSPS) is 12.5. The summed E-state index contributed by atoms with van der Waals surface area (Å²) in [6.07, 6.45) is 1.71. The lowest BCUT2D eigenvalue weighted by Crippen LogP contribution is -2.09. The van der Waals surface area contributed by atoms with Gasteiger partial charge in [0.05, 0.1) is 0 Å². The third-order valence-corrected chi connectivity index (χ3v) is 2.95. The van der Waals surface area contributed by atoms with Crippen molar-refractivity contribution < 1.29 is 4.39 Å². The summed E-state index contributed by atoms with van der Waals surface area (Å²) >= 11 is 0. The van der Waals surface area contributed by atoms with Crippen LogP contribution in [0.25, 0.3) is 11.4 Å². The van der Waals surface area contributed by atoms with Gasteiger partial charge in [0, 0.05) is 29.1 Å². The van der Waals surface area contributed by atoms with Crippen LogP contribution in [0, 0.1) is 19.7 Å². The van der Waals surface area contributed by atoms with E-state index < -0.39 is 0 Å². The van der Waals surface area contributed by atoms with E-state index in [2.05, 4.69) is 9.97 Å². The van der Waals surface area contributed by atoms with E-state index in [0.29, 0.717) is 11.4 Å². The molecule has 94 valence electrons. The lowest BCUT2D eigenvalue weighted by atomic mass is 10.1. The summed E-state index contributed by atoms with van der Waals surface area (Å²) in [4.78, 5) is 8.68. The summed E-state index contributed by atoms with van der Waals surface area (Å²) in [5.74, 6) is 0.252. The molecular weight excluding hydrogens is 229 g/mol. The highest BCUT2D eigenvalue weighted by atomic mass is 19.1. The monoisotopic (exact) mass is 245 g/mol. The van der Waals surface area contributed by atoms with Crippen LogP contribution in [0.3, 0.4) is 0 Å². The molecule has 0 spiro atoms. The van der Waals surface area contributed by atoms with E-state index in [1.54, 1.807) is 12.3 Å². The molecule has 1 aromatic heterocycles. The highest BCUT2D eigenvalue weighted by Crippen LogP contribution is 2.22. The van der Waals surface area contributed by atoms with Gasteiger partial charge in [0.25, 0.3) is 0 Å². The molecule has 1 atom stereocenters. The number of halogens is 1. The van der Waals surface area contributed by atoms with E-state index in [4.69, 9.17) is 5.73 Å². The molecule has 2 aromatic rings. The maximum atomic E-state index is 13.3. The molecule has 18 heavy (non-hydrogen) atoms. The molecule has 0 aliphatic carbocycles. The molecule has 0 saturated heterocycles. The Hall–Kier alpha value is -1.81. The zero-order chi connectivity index (χ0) is 13.3. The van der Waals surface area contributed by atoms with Crippen molar-refractivity contribution in [1.82, 2.24) is 9.97 Å². The van der Waals surface area contributed by atoms with E-state index in [9.17, 15) is 4.39 Å². The Morgan fingerprint density at radius 1 is 1.28 bits per heavy atom. The molecule has 2 N–H and O–H groups in total. The van der Waals surface area contributed by atoms with Crippen LogP contribution in [0.4, 0.5) is 4.39 Å². The van der Waals surface area contributed by atoms with Gasteiger partial charge in [0.2, 0.25) is 0 Å². The van der Waals surface area contributed by atoms with Crippen molar-refractivity contribution in [2.75, 3.05) is 0 Å². The first-order chi connectivity index (χ1) is 8.49. The average molecular weight is 245 g/mol. The van der Waals surface area contributed by atoms with Crippen molar-refractivity contribution in [2.45, 2.75) is 26.8 Å². The van der Waals surface area contributed by atoms with Crippen molar-refractivity contribution in [3.05, 3.63) is 47.0 Å². The van der Waals surface area contributed by atoms with Crippen LogP contribution in [0.15, 0.2) is 24.4 Å². The highest BCUT2D eigenvalue weighted by molar-refractivity contribution is 5.60. The van der Waals surface area contributed by atoms with Crippen molar-refractivity contribution in [3.63, 3.8) is 0 Å². The maximum absolute atomic E-state index is 13.3. The summed E-state index contributed by atoms with van der Waals surface area (Å²) in [5.41, 5.74) is 9.22. The van der Waals surface area contributed by atoms with Gasteiger partial charge in [-0.15, -0.1) is 0 Å². The van der Waals surface area contributed by atoms with Crippen molar-refractivity contribution in [2.24, 2.45) is 5.73 Å². The first kappa shape index (κ1) is 12.6. The predicted molar refractivity (Wildman–Crippen MR) is 69.5 cm³/mol. The largest absolute Gasteiger partial charge is 0.324 e. The van der Waals surface area contributed by atoms with Crippen molar-refractivity contribution >= 4 is 0 Å². The second kappa shape index (κ2) is 4.82. The molecule has 2 rings (SSSR count). The predicted octanol–water partition coefficient (Wildman–Crippen LogP) is 2.92. The minimum Gasteiger partial charge on any atom is -0.324 e. The van der Waals surface area contributed by atoms with Crippen LogP contribution in [0.2, 0.25) is 0 Å². The van der Waals surface area contributed by atoms with Gasteiger partial charge < -0.3 is 5.73 Å². The van der Waals surface area contributed by atoms with Crippen LogP contribution >= 0.6 is 0 Å². The Morgan fingerprint density at radius 2 is 2.00 bits per heavy atom. The first-order valence-electron chi connectivity index (χ1n) is 5.84. The molecule has 0 bridgehead atoms. The Bertz CT molecular complexity index is 579. The van der Waals surface area contributed by atoms with Crippen LogP contribution in [-0.4, -0.2) is 9.97 Å². The van der Waals surface area contributed by atoms with E-state index in [0.717, 1.165) is 16.8 Å². The van der Waals surface area contributed by atoms with Crippen molar-refractivity contribution in [1.29, 1.82) is 0 Å². The molecular formula is C14H16FN3. The van der Waals surface area contributed by atoms with Gasteiger partial charge in [0.1, 0.15) is 5.82 Å². The summed E-state index contributed by atoms with van der Waals surface area (Å²) < 4.78 is 13.3. The Labute approximate surface area is 106 Å². The van der Waals surface area contributed by atoms with E-state index in [-0.39, 0.29) is 11.9 Å². The molecule has 0 fully saturated rings. The lowest BCUT2D eigenvalue weighted by Gasteiger charge is -2.11. The molecule has 3 nitrogen and oxygen atoms in total. The van der Waals surface area contributed by atoms with Gasteiger partial charge in [-0.1, -0.05) is 6.07 Å². The number of nitrogens with two attached hydrogens (primary N) is 1. The van der Waals surface area contributed by atoms with Gasteiger partial charge in [-0.25, -0.2) is 14.4 Å². The Morgan fingerprint density at radius 3 is 2.61 bits per heavy atom. The number of hydrogen-bond donors (Lipinski definition) is 1. The fourth-order valence-corrected chi connectivity index (χ4v) is 1.89. The van der Waals surface area contributed by atoms with E-state index in [1.165, 1.54) is 12.1 Å². The fraction of sp³-hybridized carbons (Fsp3) is 0.286. The SMILES string of the molecule is Cc1ccc(F)cc1-c1ncc(C(C)N)c(C)n1. The zero-order valence-corrected chi connectivity index (χ0v) is 10.7. The molecule has 0 aliphatic rings. The Kier molecular flexibility index (Phi) is 3.39. The second-order valence-electron chi connectivity index (χ2n) is 4.48. The summed E-state index contributed by atoms with van der Waals surface area (Å²) in [6, 6.07) is 4.51. The number of aryl methyl sites for hydroxylation is 2. The molecule has 1 heterocycles. The molecule has 4 heteroatoms. The summed E-state index contributed by atoms with van der Waals surface area (Å²) in [7, 11) is 0. The lowest BCUT2D eigenvalue weighted by molar-refractivity contribution is 0.627. The molecule has 0 aliphatic heterocycles. The first-order valence-corrected chi connectivity index (χ1v) is 5.84. The van der Waals surface area contributed by atoms with E-state index in [1.807, 2.05) is 20.8 Å². The number of aromatic nitrogens is 2. The van der Waals surface area contributed by atoms with Gasteiger partial charge in [-0.05, 0) is 38.5 Å². The van der Waals surface area contributed by atoms with Crippen LogP contribution in [-0.2, 0) is 0 Å². The highest BCUT2D eigenvalue weighted by Gasteiger charge is 2.10. The summed E-state index contributed by atoms with van der Waals surface area (Å²) in [6.45, 7) is 5.68. The topological polar surface area (TPSA) is 51.8 Å². The minimum absolute atomic E-state index is 0.104. The van der Waals surface area contributed by atoms with Crippen molar-refractivity contribution in [3.8, 4) is 11.4 Å². The number of rotatable bonds is 2. The second-order valence-corrected chi connectivity index (χ2v) is 4.48. The van der Waals surface area contributed by atoms with E-state index >= 15 is 0 Å². The van der Waals surface area contributed by atoms with Gasteiger partial charge in [0.15, 0.2) is 5.82 Å². The summed E-state index contributed by atoms with van der Waals surface area (Å²) in [5, 5.41) is 0. The third kappa shape index (κ3) is 2.38. The molecule has 0 amide bonds. The number of benzene rings is 1. The molecule has 1 aromatic carbocycles. The zero-order valence-electron chi connectivity index (χ0n) is 10.7. The van der Waals surface area contributed by atoms with Gasteiger partial charge >= 0.3 is 0 Å². The van der Waals surface area contributed by atoms with Crippen LogP contribution in [0.1, 0.15) is 29.8 Å². The quantitative estimate of drug-likeness (QED) is 0.885. The average Bonchev–Trinajstić information content (AvgIpc) is 2.31. The number of nitrogens with zero attached hydrogens (tertiary/aromatic N) is 2. The minimum atomic E-state index is -0.284. The number of hydrogen-bond acceptors (Lipinski definition) is 3. The van der Waals surface area contributed by atoms with Gasteiger partial charge in [-0.2, -0.15) is 0 Å². The fourth-order valence-electron chi connectivity index (χ4n) is 1.89. The smallest absolute Gasteiger partial charge is 0.159 e. The van der Waals surface area contributed by atoms with Crippen LogP contribution < -0.4 is 5.73 Å². The standard InChI is InChI=1S/C14H16FN3/c1-8-4-5-11(15)6-12(8)14-17-7-13(9(2)16)10(3)18-14/h4-7,9H,16H2,1-3H3. The molecule has 1 unspecified atom stereocenters. The molecule has 0 radical (unpaired) electrons. The third-order valence-electron chi connectivity index (χ3n) is 2.95. The Balaban J connectivity index is 2.52.